The van der Waals surface area contributed by atoms with Gasteiger partial charge in [0.1, 0.15) is 5.84 Å². The van der Waals surface area contributed by atoms with Crippen LogP contribution in [0.25, 0.3) is 0 Å². The van der Waals surface area contributed by atoms with Gasteiger partial charge >= 0.3 is 0 Å². The van der Waals surface area contributed by atoms with Crippen molar-refractivity contribution in [3.05, 3.63) is 0 Å². The van der Waals surface area contributed by atoms with E-state index >= 15 is 0 Å². The number of thioether (sulfide) groups is 1. The third-order valence-corrected chi connectivity index (χ3v) is 2.67. The second-order valence-electron chi connectivity index (χ2n) is 2.54. The maximum atomic E-state index is 8.59. The number of nitrogens with two attached hydrogens (primary N) is 1. The number of oxime groups is 1. The highest BCUT2D eigenvalue weighted by atomic mass is 32.2. The van der Waals surface area contributed by atoms with Gasteiger partial charge in [0.05, 0.1) is 0 Å². The van der Waals surface area contributed by atoms with E-state index in [1.165, 1.54) is 0 Å². The summed E-state index contributed by atoms with van der Waals surface area (Å²) in [6.07, 6.45) is 1.39. The molecular weight excluding hydrogens is 176 g/mol. The summed E-state index contributed by atoms with van der Waals surface area (Å²) >= 11 is 1.71. The Morgan fingerprint density at radius 3 is 2.83 bits per heavy atom. The van der Waals surface area contributed by atoms with Crippen molar-refractivity contribution in [2.24, 2.45) is 10.9 Å². The minimum atomic E-state index is 0.220. The maximum absolute atomic E-state index is 8.59. The van der Waals surface area contributed by atoms with Crippen LogP contribution in [0, 0.1) is 0 Å². The Morgan fingerprint density at radius 1 is 1.67 bits per heavy atom. The van der Waals surface area contributed by atoms with E-state index in [4.69, 9.17) is 16.0 Å². The molecule has 0 fully saturated rings. The van der Waals surface area contributed by atoms with Gasteiger partial charge in [-0.15, -0.1) is 0 Å². The fourth-order valence-electron chi connectivity index (χ4n) is 0.680. The third kappa shape index (κ3) is 6.30. The summed E-state index contributed by atoms with van der Waals surface area (Å²) in [5.74, 6) is 1.09. The van der Waals surface area contributed by atoms with Crippen molar-refractivity contribution in [2.45, 2.75) is 25.0 Å². The Labute approximate surface area is 76.8 Å². The lowest BCUT2D eigenvalue weighted by molar-refractivity contribution is 0.289. The molecule has 4 N–H and O–H groups in total. The lowest BCUT2D eigenvalue weighted by atomic mass is 10.3. The van der Waals surface area contributed by atoms with Crippen LogP contribution in [0.15, 0.2) is 5.16 Å². The quantitative estimate of drug-likeness (QED) is 0.249. The molecule has 0 aromatic heterocycles. The van der Waals surface area contributed by atoms with Gasteiger partial charge in [0.15, 0.2) is 0 Å². The predicted molar refractivity (Wildman–Crippen MR) is 51.6 cm³/mol. The first-order chi connectivity index (χ1) is 5.70. The summed E-state index contributed by atoms with van der Waals surface area (Å²) in [6, 6.07) is 0. The molecule has 0 bridgehead atoms. The van der Waals surface area contributed by atoms with Crippen LogP contribution < -0.4 is 5.73 Å². The number of hydrogen-bond donors (Lipinski definition) is 3. The topological polar surface area (TPSA) is 78.8 Å². The first-order valence-corrected chi connectivity index (χ1v) is 4.94. The highest BCUT2D eigenvalue weighted by Gasteiger charge is 2.01. The lowest BCUT2D eigenvalue weighted by Crippen LogP contribution is -2.13. The van der Waals surface area contributed by atoms with Crippen molar-refractivity contribution in [1.29, 1.82) is 0 Å². The molecule has 1 atom stereocenters. The Bertz CT molecular complexity index is 141. The highest BCUT2D eigenvalue weighted by Crippen LogP contribution is 2.14. The molecule has 0 spiro atoms. The second kappa shape index (κ2) is 7.24. The zero-order valence-corrected chi connectivity index (χ0v) is 8.05. The van der Waals surface area contributed by atoms with Crippen molar-refractivity contribution < 1.29 is 10.3 Å². The van der Waals surface area contributed by atoms with Crippen LogP contribution in [-0.2, 0) is 0 Å². The first kappa shape index (κ1) is 11.6. The molecule has 4 nitrogen and oxygen atoms in total. The van der Waals surface area contributed by atoms with E-state index in [2.05, 4.69) is 5.16 Å². The molecular formula is C7H16N2O2S. The van der Waals surface area contributed by atoms with Crippen LogP contribution in [0.2, 0.25) is 0 Å². The van der Waals surface area contributed by atoms with E-state index in [-0.39, 0.29) is 12.4 Å². The molecule has 0 rings (SSSR count). The van der Waals surface area contributed by atoms with Crippen LogP contribution >= 0.6 is 11.8 Å². The van der Waals surface area contributed by atoms with Gasteiger partial charge in [0.25, 0.3) is 0 Å². The molecule has 0 aliphatic heterocycles. The molecule has 1 unspecified atom stereocenters. The SMILES string of the molecule is CC(CCO)SCCC(N)=NO. The number of nitrogens with zero attached hydrogens (tertiary/aromatic N) is 1. The molecule has 0 radical (unpaired) electrons. The minimum Gasteiger partial charge on any atom is -0.409 e. The zero-order valence-electron chi connectivity index (χ0n) is 7.23. The smallest absolute Gasteiger partial charge is 0.139 e. The van der Waals surface area contributed by atoms with E-state index in [1.54, 1.807) is 11.8 Å². The normalized spacial score (nSPS) is 14.7. The van der Waals surface area contributed by atoms with Crippen LogP contribution in [0.1, 0.15) is 19.8 Å². The van der Waals surface area contributed by atoms with Gasteiger partial charge in [0, 0.05) is 24.0 Å². The zero-order chi connectivity index (χ0) is 9.40. The summed E-state index contributed by atoms with van der Waals surface area (Å²) in [6.45, 7) is 2.27. The van der Waals surface area contributed by atoms with Gasteiger partial charge in [-0.1, -0.05) is 12.1 Å². The molecule has 12 heavy (non-hydrogen) atoms. The molecule has 5 heteroatoms. The number of rotatable bonds is 6. The fraction of sp³-hybridized carbons (Fsp3) is 0.857. The first-order valence-electron chi connectivity index (χ1n) is 3.89. The minimum absolute atomic E-state index is 0.220. The van der Waals surface area contributed by atoms with Crippen LogP contribution in [0.5, 0.6) is 0 Å². The molecule has 0 aromatic rings. The van der Waals surface area contributed by atoms with Gasteiger partial charge in [-0.05, 0) is 6.42 Å². The second-order valence-corrected chi connectivity index (χ2v) is 4.08. The average Bonchev–Trinajstić information content (AvgIpc) is 2.04. The average molecular weight is 192 g/mol. The van der Waals surface area contributed by atoms with Crippen molar-refractivity contribution >= 4 is 17.6 Å². The van der Waals surface area contributed by atoms with Crippen LogP contribution in [-0.4, -0.2) is 33.8 Å². The third-order valence-electron chi connectivity index (χ3n) is 1.42. The van der Waals surface area contributed by atoms with Gasteiger partial charge in [-0.3, -0.25) is 0 Å². The molecule has 0 amide bonds. The van der Waals surface area contributed by atoms with E-state index in [0.29, 0.717) is 11.7 Å². The number of aliphatic hydroxyl groups is 1. The van der Waals surface area contributed by atoms with Gasteiger partial charge in [0.2, 0.25) is 0 Å². The standard InChI is InChI=1S/C7H16N2O2S/c1-6(2-4-10)12-5-3-7(8)9-11/h6,10-11H,2-5H2,1H3,(H2,8,9). The Kier molecular flexibility index (Phi) is 6.99. The van der Waals surface area contributed by atoms with Crippen LogP contribution in [0.4, 0.5) is 0 Å². The summed E-state index contributed by atoms with van der Waals surface area (Å²) in [4.78, 5) is 0. The lowest BCUT2D eigenvalue weighted by Gasteiger charge is -2.07. The van der Waals surface area contributed by atoms with E-state index in [1.807, 2.05) is 6.92 Å². The predicted octanol–water partition coefficient (Wildman–Crippen LogP) is 0.627. The Hall–Kier alpha value is -0.420. The molecule has 72 valence electrons. The van der Waals surface area contributed by atoms with Crippen molar-refractivity contribution in [1.82, 2.24) is 0 Å². The van der Waals surface area contributed by atoms with Crippen LogP contribution in [0.3, 0.4) is 0 Å². The van der Waals surface area contributed by atoms with Gasteiger partial charge in [-0.25, -0.2) is 0 Å². The molecule has 0 heterocycles. The highest BCUT2D eigenvalue weighted by molar-refractivity contribution is 7.99. The molecule has 0 saturated heterocycles. The summed E-state index contributed by atoms with van der Waals surface area (Å²) in [7, 11) is 0. The molecule has 0 aromatic carbocycles. The fourth-order valence-corrected chi connectivity index (χ4v) is 1.68. The number of amidine groups is 1. The van der Waals surface area contributed by atoms with Gasteiger partial charge < -0.3 is 16.0 Å². The monoisotopic (exact) mass is 192 g/mol. The van der Waals surface area contributed by atoms with E-state index in [0.717, 1.165) is 12.2 Å². The summed E-state index contributed by atoms with van der Waals surface area (Å²) in [5, 5.41) is 20.1. The van der Waals surface area contributed by atoms with E-state index < -0.39 is 0 Å². The summed E-state index contributed by atoms with van der Waals surface area (Å²) < 4.78 is 0. The molecule has 0 aliphatic carbocycles. The molecule has 0 aliphatic rings. The maximum Gasteiger partial charge on any atom is 0.139 e. The van der Waals surface area contributed by atoms with Crippen molar-refractivity contribution in [3.8, 4) is 0 Å². The van der Waals surface area contributed by atoms with E-state index in [9.17, 15) is 0 Å². The van der Waals surface area contributed by atoms with Gasteiger partial charge in [-0.2, -0.15) is 11.8 Å². The summed E-state index contributed by atoms with van der Waals surface area (Å²) in [5.41, 5.74) is 5.27. The number of aliphatic hydroxyl groups excluding tert-OH is 1. The largest absolute Gasteiger partial charge is 0.409 e. The number of hydrogen-bond acceptors (Lipinski definition) is 4. The van der Waals surface area contributed by atoms with Crippen molar-refractivity contribution in [3.63, 3.8) is 0 Å². The van der Waals surface area contributed by atoms with Crippen molar-refractivity contribution in [2.75, 3.05) is 12.4 Å². The Balaban J connectivity index is 3.30. The molecule has 0 saturated carbocycles. The Morgan fingerprint density at radius 2 is 2.33 bits per heavy atom.